The van der Waals surface area contributed by atoms with E-state index in [1.807, 2.05) is 30.9 Å². The van der Waals surface area contributed by atoms with Gasteiger partial charge in [0.2, 0.25) is 0 Å². The second kappa shape index (κ2) is 6.02. The minimum absolute atomic E-state index is 0.818. The van der Waals surface area contributed by atoms with Gasteiger partial charge in [-0.1, -0.05) is 60.7 Å². The zero-order valence-corrected chi connectivity index (χ0v) is 11.2. The highest BCUT2D eigenvalue weighted by atomic mass is 15.0. The summed E-state index contributed by atoms with van der Waals surface area (Å²) in [4.78, 5) is 4.11. The number of imidazole rings is 1. The fraction of sp³-hybridized carbons (Fsp3) is 0.0556. The second-order valence-corrected chi connectivity index (χ2v) is 4.68. The quantitative estimate of drug-likeness (QED) is 0.645. The summed E-state index contributed by atoms with van der Waals surface area (Å²) in [5, 5.41) is 0. The molecule has 0 spiro atoms. The fourth-order valence-electron chi connectivity index (χ4n) is 2.20. The molecule has 1 aromatic heterocycles. The molecule has 3 rings (SSSR count). The Morgan fingerprint density at radius 1 is 0.950 bits per heavy atom. The summed E-state index contributed by atoms with van der Waals surface area (Å²) in [7, 11) is 0. The maximum Gasteiger partial charge on any atom is 0.0949 e. The fourth-order valence-corrected chi connectivity index (χ4v) is 2.20. The number of hydrogen-bond acceptors (Lipinski definition) is 1. The summed E-state index contributed by atoms with van der Waals surface area (Å²) in [6, 6.07) is 20.9. The predicted octanol–water partition coefficient (Wildman–Crippen LogP) is 4.12. The van der Waals surface area contributed by atoms with Gasteiger partial charge < -0.3 is 4.57 Å². The van der Waals surface area contributed by atoms with Crippen molar-refractivity contribution < 1.29 is 0 Å². The second-order valence-electron chi connectivity index (χ2n) is 4.68. The first-order valence-electron chi connectivity index (χ1n) is 6.68. The van der Waals surface area contributed by atoms with Crippen LogP contribution in [-0.4, -0.2) is 9.55 Å². The molecular weight excluding hydrogens is 244 g/mol. The van der Waals surface area contributed by atoms with Crippen molar-refractivity contribution >= 4 is 11.6 Å². The van der Waals surface area contributed by atoms with Crippen molar-refractivity contribution in [1.29, 1.82) is 0 Å². The maximum absolute atomic E-state index is 4.11. The van der Waals surface area contributed by atoms with Crippen LogP contribution in [0.15, 0.2) is 79.4 Å². The number of allylic oxidation sites excluding steroid dienone is 1. The summed E-state index contributed by atoms with van der Waals surface area (Å²) in [6.07, 6.45) is 7.88. The highest BCUT2D eigenvalue weighted by Gasteiger charge is 2.02. The van der Waals surface area contributed by atoms with Crippen LogP contribution in [0, 0.1) is 0 Å². The highest BCUT2D eigenvalue weighted by Crippen LogP contribution is 2.20. The first kappa shape index (κ1) is 12.4. The number of nitrogens with zero attached hydrogens (tertiary/aromatic N) is 2. The van der Waals surface area contributed by atoms with E-state index in [2.05, 4.69) is 64.2 Å². The van der Waals surface area contributed by atoms with Crippen molar-refractivity contribution in [3.05, 3.63) is 90.5 Å². The number of benzene rings is 2. The van der Waals surface area contributed by atoms with Crippen molar-refractivity contribution in [3.8, 4) is 0 Å². The van der Waals surface area contributed by atoms with Crippen LogP contribution in [-0.2, 0) is 6.54 Å². The van der Waals surface area contributed by atoms with Gasteiger partial charge in [0.05, 0.1) is 6.33 Å². The normalized spacial score (nSPS) is 11.5. The molecule has 2 aromatic carbocycles. The molecule has 0 aliphatic rings. The van der Waals surface area contributed by atoms with Crippen LogP contribution in [0.3, 0.4) is 0 Å². The highest BCUT2D eigenvalue weighted by molar-refractivity contribution is 5.81. The van der Waals surface area contributed by atoms with Gasteiger partial charge in [-0.3, -0.25) is 0 Å². The molecule has 2 nitrogen and oxygen atoms in total. The van der Waals surface area contributed by atoms with Gasteiger partial charge in [-0.2, -0.15) is 0 Å². The molecule has 0 saturated carbocycles. The molecule has 20 heavy (non-hydrogen) atoms. The van der Waals surface area contributed by atoms with Gasteiger partial charge in [-0.05, 0) is 22.8 Å². The monoisotopic (exact) mass is 260 g/mol. The van der Waals surface area contributed by atoms with E-state index in [-0.39, 0.29) is 0 Å². The average molecular weight is 260 g/mol. The van der Waals surface area contributed by atoms with Crippen molar-refractivity contribution in [3.63, 3.8) is 0 Å². The van der Waals surface area contributed by atoms with Crippen LogP contribution in [0.5, 0.6) is 0 Å². The lowest BCUT2D eigenvalue weighted by Crippen LogP contribution is -1.98. The molecule has 1 heterocycles. The van der Waals surface area contributed by atoms with Crippen LogP contribution in [0.25, 0.3) is 11.6 Å². The van der Waals surface area contributed by atoms with E-state index in [9.17, 15) is 0 Å². The average Bonchev–Trinajstić information content (AvgIpc) is 3.02. The maximum atomic E-state index is 4.11. The minimum Gasteiger partial charge on any atom is -0.333 e. The molecule has 3 aromatic rings. The van der Waals surface area contributed by atoms with Crippen LogP contribution < -0.4 is 0 Å². The number of hydrogen-bond donors (Lipinski definition) is 0. The molecule has 0 bridgehead atoms. The largest absolute Gasteiger partial charge is 0.333 e. The van der Waals surface area contributed by atoms with E-state index in [1.54, 1.807) is 0 Å². The van der Waals surface area contributed by atoms with Gasteiger partial charge >= 0.3 is 0 Å². The molecule has 0 fully saturated rings. The zero-order valence-electron chi connectivity index (χ0n) is 11.2. The summed E-state index contributed by atoms with van der Waals surface area (Å²) in [5.41, 5.74) is 3.73. The Kier molecular flexibility index (Phi) is 3.74. The lowest BCUT2D eigenvalue weighted by Gasteiger charge is -2.09. The standard InChI is InChI=1S/C18H16N2/c1-3-7-16(8-4-1)13-18(14-20-12-11-19-15-20)17-9-5-2-6-10-17/h1-13,15H,14H2/b18-13-. The number of rotatable bonds is 4. The van der Waals surface area contributed by atoms with Crippen LogP contribution >= 0.6 is 0 Å². The number of aromatic nitrogens is 2. The van der Waals surface area contributed by atoms with Crippen LogP contribution in [0.4, 0.5) is 0 Å². The molecule has 0 saturated heterocycles. The third kappa shape index (κ3) is 3.04. The van der Waals surface area contributed by atoms with E-state index in [0.717, 1.165) is 6.54 Å². The summed E-state index contributed by atoms with van der Waals surface area (Å²) < 4.78 is 2.09. The Bertz CT molecular complexity index is 668. The summed E-state index contributed by atoms with van der Waals surface area (Å²) in [6.45, 7) is 0.818. The Balaban J connectivity index is 1.97. The molecule has 0 radical (unpaired) electrons. The molecule has 0 N–H and O–H groups in total. The van der Waals surface area contributed by atoms with Crippen molar-refractivity contribution in [2.45, 2.75) is 6.54 Å². The smallest absolute Gasteiger partial charge is 0.0949 e. The van der Waals surface area contributed by atoms with Gasteiger partial charge in [0.25, 0.3) is 0 Å². The van der Waals surface area contributed by atoms with Crippen molar-refractivity contribution in [2.75, 3.05) is 0 Å². The lowest BCUT2D eigenvalue weighted by molar-refractivity contribution is 0.836. The molecule has 0 amide bonds. The first-order chi connectivity index (χ1) is 9.92. The topological polar surface area (TPSA) is 17.8 Å². The molecule has 0 aliphatic heterocycles. The van der Waals surface area contributed by atoms with Crippen molar-refractivity contribution in [1.82, 2.24) is 9.55 Å². The molecule has 2 heteroatoms. The molecule has 0 aliphatic carbocycles. The lowest BCUT2D eigenvalue weighted by atomic mass is 10.0. The van der Waals surface area contributed by atoms with Gasteiger partial charge in [-0.15, -0.1) is 0 Å². The Morgan fingerprint density at radius 2 is 1.65 bits per heavy atom. The Hall–Kier alpha value is -2.61. The molecular formula is C18H16N2. The van der Waals surface area contributed by atoms with E-state index in [4.69, 9.17) is 0 Å². The van der Waals surface area contributed by atoms with Crippen LogP contribution in [0.2, 0.25) is 0 Å². The molecule has 0 unspecified atom stereocenters. The zero-order chi connectivity index (χ0) is 13.6. The van der Waals surface area contributed by atoms with Gasteiger partial charge in [0.15, 0.2) is 0 Å². The van der Waals surface area contributed by atoms with E-state index in [0.29, 0.717) is 0 Å². The first-order valence-corrected chi connectivity index (χ1v) is 6.68. The Morgan fingerprint density at radius 3 is 2.30 bits per heavy atom. The third-order valence-electron chi connectivity index (χ3n) is 3.20. The van der Waals surface area contributed by atoms with E-state index in [1.165, 1.54) is 16.7 Å². The third-order valence-corrected chi connectivity index (χ3v) is 3.20. The Labute approximate surface area is 119 Å². The van der Waals surface area contributed by atoms with E-state index >= 15 is 0 Å². The molecule has 98 valence electrons. The van der Waals surface area contributed by atoms with Crippen LogP contribution in [0.1, 0.15) is 11.1 Å². The predicted molar refractivity (Wildman–Crippen MR) is 83.0 cm³/mol. The van der Waals surface area contributed by atoms with Crippen molar-refractivity contribution in [2.24, 2.45) is 0 Å². The van der Waals surface area contributed by atoms with E-state index < -0.39 is 0 Å². The van der Waals surface area contributed by atoms with Gasteiger partial charge in [-0.25, -0.2) is 4.98 Å². The molecule has 0 atom stereocenters. The summed E-state index contributed by atoms with van der Waals surface area (Å²) >= 11 is 0. The van der Waals surface area contributed by atoms with Gasteiger partial charge in [0.1, 0.15) is 0 Å². The SMILES string of the molecule is C(=C(\Cn1ccnc1)c1ccccc1)/c1ccccc1. The minimum atomic E-state index is 0.818. The summed E-state index contributed by atoms with van der Waals surface area (Å²) in [5.74, 6) is 0. The van der Waals surface area contributed by atoms with Gasteiger partial charge in [0, 0.05) is 18.9 Å².